The molecule has 0 radical (unpaired) electrons. The number of morpholine rings is 1. The molecule has 1 aliphatic rings. The predicted octanol–water partition coefficient (Wildman–Crippen LogP) is 1.45. The fraction of sp³-hybridized carbons (Fsp3) is 0.462. The van der Waals surface area contributed by atoms with E-state index < -0.39 is 6.04 Å². The molecule has 1 aromatic rings. The number of benzene rings is 1. The first-order chi connectivity index (χ1) is 8.59. The minimum Gasteiger partial charge on any atom is -0.375 e. The van der Waals surface area contributed by atoms with Crippen molar-refractivity contribution in [2.75, 3.05) is 18.5 Å². The summed E-state index contributed by atoms with van der Waals surface area (Å²) in [5, 5.41) is 5.82. The Kier molecular flexibility index (Phi) is 3.93. The van der Waals surface area contributed by atoms with Gasteiger partial charge in [0, 0.05) is 17.8 Å². The SMILES string of the molecule is Cc1c(F)cccc1NC(=O)[C@H]1NCCO[C@@H]1C. The molecule has 98 valence electrons. The monoisotopic (exact) mass is 252 g/mol. The third-order valence-electron chi connectivity index (χ3n) is 3.12. The van der Waals surface area contributed by atoms with Gasteiger partial charge in [0.15, 0.2) is 0 Å². The molecule has 1 heterocycles. The lowest BCUT2D eigenvalue weighted by Gasteiger charge is -2.29. The van der Waals surface area contributed by atoms with Gasteiger partial charge in [0.05, 0.1) is 12.7 Å². The predicted molar refractivity (Wildman–Crippen MR) is 67.0 cm³/mol. The summed E-state index contributed by atoms with van der Waals surface area (Å²) >= 11 is 0. The number of hydrogen-bond acceptors (Lipinski definition) is 3. The summed E-state index contributed by atoms with van der Waals surface area (Å²) < 4.78 is 18.8. The van der Waals surface area contributed by atoms with Gasteiger partial charge in [-0.3, -0.25) is 4.79 Å². The molecule has 1 fully saturated rings. The molecular weight excluding hydrogens is 235 g/mol. The number of nitrogens with one attached hydrogen (secondary N) is 2. The Hall–Kier alpha value is -1.46. The van der Waals surface area contributed by atoms with Gasteiger partial charge in [-0.1, -0.05) is 6.07 Å². The zero-order chi connectivity index (χ0) is 13.1. The summed E-state index contributed by atoms with van der Waals surface area (Å²) in [7, 11) is 0. The van der Waals surface area contributed by atoms with E-state index >= 15 is 0 Å². The van der Waals surface area contributed by atoms with Gasteiger partial charge in [-0.05, 0) is 26.0 Å². The number of rotatable bonds is 2. The summed E-state index contributed by atoms with van der Waals surface area (Å²) in [5.41, 5.74) is 0.940. The van der Waals surface area contributed by atoms with Crippen LogP contribution in [0.2, 0.25) is 0 Å². The largest absolute Gasteiger partial charge is 0.375 e. The van der Waals surface area contributed by atoms with Crippen LogP contribution in [0, 0.1) is 12.7 Å². The molecule has 18 heavy (non-hydrogen) atoms. The summed E-state index contributed by atoms with van der Waals surface area (Å²) in [5.74, 6) is -0.524. The highest BCUT2D eigenvalue weighted by molar-refractivity contribution is 5.95. The Morgan fingerprint density at radius 2 is 2.33 bits per heavy atom. The zero-order valence-corrected chi connectivity index (χ0v) is 10.5. The molecule has 0 unspecified atom stereocenters. The highest BCUT2D eigenvalue weighted by Gasteiger charge is 2.28. The quantitative estimate of drug-likeness (QED) is 0.837. The number of carbonyl (C=O) groups excluding carboxylic acids is 1. The highest BCUT2D eigenvalue weighted by atomic mass is 19.1. The molecule has 0 spiro atoms. The molecule has 2 N–H and O–H groups in total. The Morgan fingerprint density at radius 3 is 3.06 bits per heavy atom. The molecule has 1 aromatic carbocycles. The molecule has 1 aliphatic heterocycles. The lowest BCUT2D eigenvalue weighted by molar-refractivity contribution is -0.123. The molecule has 5 heteroatoms. The van der Waals surface area contributed by atoms with Crippen LogP contribution in [0.5, 0.6) is 0 Å². The summed E-state index contributed by atoms with van der Waals surface area (Å²) in [6, 6.07) is 4.23. The number of carbonyl (C=O) groups is 1. The van der Waals surface area contributed by atoms with Crippen molar-refractivity contribution >= 4 is 11.6 Å². The van der Waals surface area contributed by atoms with Crippen molar-refractivity contribution in [3.8, 4) is 0 Å². The molecule has 0 bridgehead atoms. The first-order valence-corrected chi connectivity index (χ1v) is 6.00. The molecule has 1 amide bonds. The number of anilines is 1. The van der Waals surface area contributed by atoms with Gasteiger partial charge in [0.2, 0.25) is 5.91 Å². The van der Waals surface area contributed by atoms with Crippen molar-refractivity contribution in [1.82, 2.24) is 5.32 Å². The number of ether oxygens (including phenoxy) is 1. The van der Waals surface area contributed by atoms with Gasteiger partial charge < -0.3 is 15.4 Å². The Balaban J connectivity index is 2.09. The molecular formula is C13H17FN2O2. The van der Waals surface area contributed by atoms with Gasteiger partial charge in [-0.2, -0.15) is 0 Å². The Labute approximate surface area is 106 Å². The summed E-state index contributed by atoms with van der Waals surface area (Å²) in [6.45, 7) is 4.72. The van der Waals surface area contributed by atoms with E-state index in [4.69, 9.17) is 4.74 Å². The molecule has 0 saturated carbocycles. The molecule has 0 aromatic heterocycles. The van der Waals surface area contributed by atoms with E-state index in [1.165, 1.54) is 6.07 Å². The minimum absolute atomic E-state index is 0.187. The van der Waals surface area contributed by atoms with Crippen molar-refractivity contribution in [2.45, 2.75) is 26.0 Å². The van der Waals surface area contributed by atoms with Crippen LogP contribution in [-0.4, -0.2) is 31.2 Å². The number of hydrogen-bond donors (Lipinski definition) is 2. The van der Waals surface area contributed by atoms with Crippen LogP contribution in [0.1, 0.15) is 12.5 Å². The second-order valence-corrected chi connectivity index (χ2v) is 4.41. The number of halogens is 1. The molecule has 2 atom stereocenters. The van der Waals surface area contributed by atoms with Gasteiger partial charge >= 0.3 is 0 Å². The fourth-order valence-corrected chi connectivity index (χ4v) is 1.98. The Morgan fingerprint density at radius 1 is 1.56 bits per heavy atom. The second kappa shape index (κ2) is 5.46. The Bertz CT molecular complexity index is 451. The van der Waals surface area contributed by atoms with Crippen LogP contribution in [0.25, 0.3) is 0 Å². The first kappa shape index (κ1) is 13.0. The third kappa shape index (κ3) is 2.68. The normalized spacial score (nSPS) is 23.7. The van der Waals surface area contributed by atoms with Gasteiger partial charge in [-0.15, -0.1) is 0 Å². The van der Waals surface area contributed by atoms with E-state index in [1.54, 1.807) is 19.1 Å². The maximum absolute atomic E-state index is 13.4. The zero-order valence-electron chi connectivity index (χ0n) is 10.5. The van der Waals surface area contributed by atoms with Crippen LogP contribution in [0.4, 0.5) is 10.1 Å². The summed E-state index contributed by atoms with van der Waals surface area (Å²) in [4.78, 5) is 12.1. The highest BCUT2D eigenvalue weighted by Crippen LogP contribution is 2.18. The van der Waals surface area contributed by atoms with Crippen molar-refractivity contribution < 1.29 is 13.9 Å². The standard InChI is InChI=1S/C13H17FN2O2/c1-8-10(14)4-3-5-11(8)16-13(17)12-9(2)18-7-6-15-12/h3-5,9,12,15H,6-7H2,1-2H3,(H,16,17)/t9-,12+/m1/s1. The minimum atomic E-state index is -0.401. The van der Waals surface area contributed by atoms with Gasteiger partial charge in [-0.25, -0.2) is 4.39 Å². The fourth-order valence-electron chi connectivity index (χ4n) is 1.98. The average Bonchev–Trinajstić information content (AvgIpc) is 2.35. The molecule has 1 saturated heterocycles. The van der Waals surface area contributed by atoms with E-state index in [-0.39, 0.29) is 17.8 Å². The van der Waals surface area contributed by atoms with E-state index in [0.29, 0.717) is 24.4 Å². The molecule has 4 nitrogen and oxygen atoms in total. The van der Waals surface area contributed by atoms with E-state index in [0.717, 1.165) is 0 Å². The second-order valence-electron chi connectivity index (χ2n) is 4.41. The van der Waals surface area contributed by atoms with E-state index in [9.17, 15) is 9.18 Å². The van der Waals surface area contributed by atoms with Crippen molar-refractivity contribution in [1.29, 1.82) is 0 Å². The van der Waals surface area contributed by atoms with Gasteiger partial charge in [0.1, 0.15) is 11.9 Å². The van der Waals surface area contributed by atoms with Crippen LogP contribution < -0.4 is 10.6 Å². The maximum atomic E-state index is 13.4. The number of amides is 1. The van der Waals surface area contributed by atoms with Crippen molar-refractivity contribution in [2.24, 2.45) is 0 Å². The van der Waals surface area contributed by atoms with Gasteiger partial charge in [0.25, 0.3) is 0 Å². The van der Waals surface area contributed by atoms with Crippen molar-refractivity contribution in [3.63, 3.8) is 0 Å². The first-order valence-electron chi connectivity index (χ1n) is 6.00. The van der Waals surface area contributed by atoms with Crippen LogP contribution in [0.15, 0.2) is 18.2 Å². The van der Waals surface area contributed by atoms with E-state index in [2.05, 4.69) is 10.6 Å². The van der Waals surface area contributed by atoms with Crippen LogP contribution in [-0.2, 0) is 9.53 Å². The smallest absolute Gasteiger partial charge is 0.244 e. The van der Waals surface area contributed by atoms with Crippen LogP contribution >= 0.6 is 0 Å². The lowest BCUT2D eigenvalue weighted by Crippen LogP contribution is -2.53. The van der Waals surface area contributed by atoms with E-state index in [1.807, 2.05) is 6.92 Å². The maximum Gasteiger partial charge on any atom is 0.244 e. The average molecular weight is 252 g/mol. The molecule has 0 aliphatic carbocycles. The third-order valence-corrected chi connectivity index (χ3v) is 3.12. The van der Waals surface area contributed by atoms with Crippen LogP contribution in [0.3, 0.4) is 0 Å². The summed E-state index contributed by atoms with van der Waals surface area (Å²) in [6.07, 6.45) is -0.187. The van der Waals surface area contributed by atoms with Crippen molar-refractivity contribution in [3.05, 3.63) is 29.6 Å². The lowest BCUT2D eigenvalue weighted by atomic mass is 10.1. The topological polar surface area (TPSA) is 50.4 Å². The molecule has 2 rings (SSSR count).